The number of nitriles is 1. The molecule has 4 rings (SSSR count). The topological polar surface area (TPSA) is 70.1 Å². The van der Waals surface area contributed by atoms with Gasteiger partial charge in [0.1, 0.15) is 5.82 Å². The van der Waals surface area contributed by atoms with E-state index in [9.17, 15) is 5.26 Å². The molecule has 1 aliphatic rings. The van der Waals surface area contributed by atoms with E-state index >= 15 is 0 Å². The van der Waals surface area contributed by atoms with Gasteiger partial charge < -0.3 is 4.90 Å². The summed E-state index contributed by atoms with van der Waals surface area (Å²) in [6.07, 6.45) is 1.60. The number of hydrogen-bond donors (Lipinski definition) is 0. The molecule has 0 aliphatic carbocycles. The normalized spacial score (nSPS) is 16.9. The van der Waals surface area contributed by atoms with Crippen LogP contribution in [0.25, 0.3) is 5.65 Å². The molecule has 0 spiro atoms. The molecule has 1 fully saturated rings. The van der Waals surface area contributed by atoms with E-state index in [-0.39, 0.29) is 0 Å². The first-order chi connectivity index (χ1) is 11.7. The summed E-state index contributed by atoms with van der Waals surface area (Å²) in [5.74, 6) is 1.68. The average Bonchev–Trinajstić information content (AvgIpc) is 3.03. The number of benzene rings is 1. The van der Waals surface area contributed by atoms with Gasteiger partial charge in [0.05, 0.1) is 11.5 Å². The van der Waals surface area contributed by atoms with Gasteiger partial charge in [0.25, 0.3) is 0 Å². The lowest BCUT2D eigenvalue weighted by Crippen LogP contribution is -2.42. The smallest absolute Gasteiger partial charge is 0.178 e. The van der Waals surface area contributed by atoms with Gasteiger partial charge in [-0.15, -0.1) is 15.3 Å². The standard InChI is InChI=1S/C18H18N6/c1-14-20-21-16-7-8-17(22-24(14)16)23-11-9-18(13-19,10-12-23)15-5-3-2-4-6-15/h2-8H,9-12H2,1H3. The molecule has 0 atom stereocenters. The molecular formula is C18H18N6. The summed E-state index contributed by atoms with van der Waals surface area (Å²) in [5, 5.41) is 22.6. The van der Waals surface area contributed by atoms with Gasteiger partial charge in [-0.1, -0.05) is 30.3 Å². The molecule has 120 valence electrons. The Bertz CT molecular complexity index is 900. The van der Waals surface area contributed by atoms with Crippen LogP contribution in [0.1, 0.15) is 24.2 Å². The van der Waals surface area contributed by atoms with E-state index in [0.29, 0.717) is 0 Å². The van der Waals surface area contributed by atoms with Crippen molar-refractivity contribution in [3.63, 3.8) is 0 Å². The van der Waals surface area contributed by atoms with E-state index in [2.05, 4.69) is 38.4 Å². The van der Waals surface area contributed by atoms with Crippen molar-refractivity contribution in [2.75, 3.05) is 18.0 Å². The summed E-state index contributed by atoms with van der Waals surface area (Å²) in [4.78, 5) is 2.23. The van der Waals surface area contributed by atoms with Crippen LogP contribution in [0.5, 0.6) is 0 Å². The quantitative estimate of drug-likeness (QED) is 0.726. The maximum atomic E-state index is 9.80. The molecule has 3 heterocycles. The zero-order valence-corrected chi connectivity index (χ0v) is 13.6. The third kappa shape index (κ3) is 2.29. The zero-order valence-electron chi connectivity index (χ0n) is 13.6. The first-order valence-electron chi connectivity index (χ1n) is 8.13. The Morgan fingerprint density at radius 3 is 2.50 bits per heavy atom. The summed E-state index contributed by atoms with van der Waals surface area (Å²) >= 11 is 0. The third-order valence-corrected chi connectivity index (χ3v) is 4.89. The van der Waals surface area contributed by atoms with Crippen LogP contribution in [0.2, 0.25) is 0 Å². The van der Waals surface area contributed by atoms with E-state index in [0.717, 1.165) is 48.8 Å². The summed E-state index contributed by atoms with van der Waals surface area (Å²) in [6, 6.07) is 16.6. The van der Waals surface area contributed by atoms with Crippen molar-refractivity contribution in [1.82, 2.24) is 19.8 Å². The summed E-state index contributed by atoms with van der Waals surface area (Å²) in [5.41, 5.74) is 1.48. The monoisotopic (exact) mass is 318 g/mol. The minimum atomic E-state index is -0.395. The number of anilines is 1. The molecule has 1 aliphatic heterocycles. The highest BCUT2D eigenvalue weighted by Gasteiger charge is 2.36. The van der Waals surface area contributed by atoms with Gasteiger partial charge >= 0.3 is 0 Å². The average molecular weight is 318 g/mol. The molecule has 0 saturated carbocycles. The second-order valence-corrected chi connectivity index (χ2v) is 6.26. The maximum Gasteiger partial charge on any atom is 0.178 e. The Kier molecular flexibility index (Phi) is 3.42. The van der Waals surface area contributed by atoms with E-state index < -0.39 is 5.41 Å². The van der Waals surface area contributed by atoms with Crippen molar-refractivity contribution >= 4 is 11.5 Å². The summed E-state index contributed by atoms with van der Waals surface area (Å²) in [6.45, 7) is 3.51. The first kappa shape index (κ1) is 14.6. The second-order valence-electron chi connectivity index (χ2n) is 6.26. The number of fused-ring (bicyclic) bond motifs is 1. The predicted molar refractivity (Wildman–Crippen MR) is 90.7 cm³/mol. The van der Waals surface area contributed by atoms with Crippen molar-refractivity contribution in [2.24, 2.45) is 0 Å². The van der Waals surface area contributed by atoms with Gasteiger partial charge in [-0.2, -0.15) is 9.78 Å². The van der Waals surface area contributed by atoms with Crippen molar-refractivity contribution in [3.05, 3.63) is 53.9 Å². The largest absolute Gasteiger partial charge is 0.355 e. The van der Waals surface area contributed by atoms with Crippen LogP contribution in [-0.2, 0) is 5.41 Å². The van der Waals surface area contributed by atoms with Crippen LogP contribution in [0.4, 0.5) is 5.82 Å². The van der Waals surface area contributed by atoms with Crippen molar-refractivity contribution < 1.29 is 0 Å². The number of hydrogen-bond acceptors (Lipinski definition) is 5. The molecule has 0 radical (unpaired) electrons. The Morgan fingerprint density at radius 2 is 1.79 bits per heavy atom. The maximum absolute atomic E-state index is 9.80. The number of nitrogens with zero attached hydrogens (tertiary/aromatic N) is 6. The van der Waals surface area contributed by atoms with Gasteiger partial charge in [-0.25, -0.2) is 0 Å². The Labute approximate surface area is 140 Å². The van der Waals surface area contributed by atoms with Crippen molar-refractivity contribution in [3.8, 4) is 6.07 Å². The summed E-state index contributed by atoms with van der Waals surface area (Å²) in [7, 11) is 0. The molecule has 1 aromatic carbocycles. The number of piperidine rings is 1. The van der Waals surface area contributed by atoms with Crippen LogP contribution in [0.15, 0.2) is 42.5 Å². The molecule has 24 heavy (non-hydrogen) atoms. The molecule has 6 nitrogen and oxygen atoms in total. The summed E-state index contributed by atoms with van der Waals surface area (Å²) < 4.78 is 1.76. The fourth-order valence-corrected chi connectivity index (χ4v) is 3.39. The van der Waals surface area contributed by atoms with E-state index in [1.165, 1.54) is 0 Å². The Balaban J connectivity index is 1.59. The molecular weight excluding hydrogens is 300 g/mol. The van der Waals surface area contributed by atoms with E-state index in [4.69, 9.17) is 0 Å². The van der Waals surface area contributed by atoms with Crippen LogP contribution in [-0.4, -0.2) is 32.9 Å². The predicted octanol–water partition coefficient (Wildman–Crippen LogP) is 2.49. The lowest BCUT2D eigenvalue weighted by Gasteiger charge is -2.38. The van der Waals surface area contributed by atoms with Gasteiger partial charge in [-0.3, -0.25) is 0 Å². The lowest BCUT2D eigenvalue weighted by molar-refractivity contribution is 0.413. The zero-order chi connectivity index (χ0) is 16.6. The van der Waals surface area contributed by atoms with E-state index in [1.807, 2.05) is 37.3 Å². The molecule has 1 saturated heterocycles. The second kappa shape index (κ2) is 5.60. The Morgan fingerprint density at radius 1 is 1.04 bits per heavy atom. The van der Waals surface area contributed by atoms with Gasteiger partial charge in [0.15, 0.2) is 11.5 Å². The van der Waals surface area contributed by atoms with Crippen LogP contribution in [0.3, 0.4) is 0 Å². The van der Waals surface area contributed by atoms with Crippen LogP contribution in [0, 0.1) is 18.3 Å². The highest BCUT2D eigenvalue weighted by atomic mass is 15.4. The van der Waals surface area contributed by atoms with E-state index in [1.54, 1.807) is 4.52 Å². The van der Waals surface area contributed by atoms with Gasteiger partial charge in [-0.05, 0) is 37.5 Å². The third-order valence-electron chi connectivity index (χ3n) is 4.89. The van der Waals surface area contributed by atoms with Gasteiger partial charge in [0.2, 0.25) is 0 Å². The van der Waals surface area contributed by atoms with Crippen molar-refractivity contribution in [1.29, 1.82) is 5.26 Å². The highest BCUT2D eigenvalue weighted by Crippen LogP contribution is 2.35. The number of aryl methyl sites for hydroxylation is 1. The molecule has 6 heteroatoms. The first-order valence-corrected chi connectivity index (χ1v) is 8.13. The van der Waals surface area contributed by atoms with Crippen molar-refractivity contribution in [2.45, 2.75) is 25.2 Å². The number of aromatic nitrogens is 4. The molecule has 0 unspecified atom stereocenters. The fraction of sp³-hybridized carbons (Fsp3) is 0.333. The van der Waals surface area contributed by atoms with Crippen LogP contribution < -0.4 is 4.90 Å². The van der Waals surface area contributed by atoms with Crippen LogP contribution >= 0.6 is 0 Å². The SMILES string of the molecule is Cc1nnc2ccc(N3CCC(C#N)(c4ccccc4)CC3)nn12. The number of rotatable bonds is 2. The molecule has 0 amide bonds. The molecule has 0 N–H and O–H groups in total. The molecule has 0 bridgehead atoms. The fourth-order valence-electron chi connectivity index (χ4n) is 3.39. The molecule has 3 aromatic rings. The minimum Gasteiger partial charge on any atom is -0.355 e. The molecule has 2 aromatic heterocycles. The minimum absolute atomic E-state index is 0.395. The Hall–Kier alpha value is -2.94. The lowest BCUT2D eigenvalue weighted by atomic mass is 9.74. The van der Waals surface area contributed by atoms with Gasteiger partial charge in [0, 0.05) is 13.1 Å². The highest BCUT2D eigenvalue weighted by molar-refractivity contribution is 5.47.